The van der Waals surface area contributed by atoms with Gasteiger partial charge >= 0.3 is 5.82 Å². The van der Waals surface area contributed by atoms with E-state index in [1.165, 1.54) is 6.92 Å². The van der Waals surface area contributed by atoms with E-state index in [-0.39, 0.29) is 16.9 Å². The first-order chi connectivity index (χ1) is 6.02. The average Bonchev–Trinajstić information content (AvgIpc) is 2.03. The van der Waals surface area contributed by atoms with Gasteiger partial charge in [0.1, 0.15) is 6.20 Å². The third kappa shape index (κ3) is 1.95. The molecular weight excluding hydrogens is 182 g/mol. The summed E-state index contributed by atoms with van der Waals surface area (Å²) < 4.78 is 24.1. The molecule has 0 N–H and O–H groups in total. The van der Waals surface area contributed by atoms with E-state index in [1.807, 2.05) is 0 Å². The van der Waals surface area contributed by atoms with E-state index in [2.05, 4.69) is 4.98 Å². The molecule has 0 amide bonds. The Morgan fingerprint density at radius 2 is 2.23 bits per heavy atom. The van der Waals surface area contributed by atoms with Crippen LogP contribution < -0.4 is 0 Å². The van der Waals surface area contributed by atoms with Crippen LogP contribution in [-0.4, -0.2) is 9.91 Å². The average molecular weight is 188 g/mol. The molecule has 0 saturated carbocycles. The summed E-state index contributed by atoms with van der Waals surface area (Å²) in [5.74, 6) is -0.385. The number of nitro groups is 1. The highest BCUT2D eigenvalue weighted by Gasteiger charge is 2.16. The van der Waals surface area contributed by atoms with Gasteiger partial charge in [-0.25, -0.2) is 8.78 Å². The van der Waals surface area contributed by atoms with Gasteiger partial charge in [0, 0.05) is 5.56 Å². The highest BCUT2D eigenvalue weighted by atomic mass is 19.3. The summed E-state index contributed by atoms with van der Waals surface area (Å²) >= 11 is 0. The Kier molecular flexibility index (Phi) is 2.50. The number of hydrogen-bond acceptors (Lipinski definition) is 3. The Balaban J connectivity index is 3.13. The number of rotatable bonds is 2. The lowest BCUT2D eigenvalue weighted by Crippen LogP contribution is -1.97. The third-order valence-electron chi connectivity index (χ3n) is 1.50. The van der Waals surface area contributed by atoms with E-state index >= 15 is 0 Å². The summed E-state index contributed by atoms with van der Waals surface area (Å²) in [6.07, 6.45) is -1.83. The zero-order valence-electron chi connectivity index (χ0n) is 6.70. The predicted octanol–water partition coefficient (Wildman–Crippen LogP) is 2.24. The quantitative estimate of drug-likeness (QED) is 0.528. The van der Waals surface area contributed by atoms with Crippen LogP contribution in [-0.2, 0) is 0 Å². The first-order valence-corrected chi connectivity index (χ1v) is 3.41. The number of aromatic nitrogens is 1. The van der Waals surface area contributed by atoms with Gasteiger partial charge < -0.3 is 10.1 Å². The van der Waals surface area contributed by atoms with Gasteiger partial charge in [-0.05, 0) is 22.9 Å². The molecule has 0 aliphatic rings. The van der Waals surface area contributed by atoms with E-state index in [4.69, 9.17) is 0 Å². The topological polar surface area (TPSA) is 56.0 Å². The van der Waals surface area contributed by atoms with Crippen molar-refractivity contribution < 1.29 is 13.7 Å². The number of hydrogen-bond donors (Lipinski definition) is 0. The van der Waals surface area contributed by atoms with Gasteiger partial charge in [-0.3, -0.25) is 0 Å². The Morgan fingerprint density at radius 1 is 1.62 bits per heavy atom. The van der Waals surface area contributed by atoms with Gasteiger partial charge in [0.15, 0.2) is 0 Å². The predicted molar refractivity (Wildman–Crippen MR) is 40.6 cm³/mol. The lowest BCUT2D eigenvalue weighted by molar-refractivity contribution is -0.390. The molecular formula is C7H6F2N2O2. The SMILES string of the molecule is Cc1cc(C(F)F)cnc1[N+](=O)[O-]. The van der Waals surface area contributed by atoms with Gasteiger partial charge in [0.05, 0.1) is 5.56 Å². The summed E-state index contributed by atoms with van der Waals surface area (Å²) in [5.41, 5.74) is -0.161. The van der Waals surface area contributed by atoms with Crippen LogP contribution in [0, 0.1) is 17.0 Å². The van der Waals surface area contributed by atoms with Crippen molar-refractivity contribution in [2.24, 2.45) is 0 Å². The van der Waals surface area contributed by atoms with E-state index in [0.717, 1.165) is 12.3 Å². The Hall–Kier alpha value is -1.59. The molecule has 4 nitrogen and oxygen atoms in total. The minimum atomic E-state index is -2.65. The van der Waals surface area contributed by atoms with E-state index < -0.39 is 11.3 Å². The molecule has 1 rings (SSSR count). The highest BCUT2D eigenvalue weighted by molar-refractivity contribution is 5.33. The zero-order chi connectivity index (χ0) is 10.0. The molecule has 0 aliphatic carbocycles. The summed E-state index contributed by atoms with van der Waals surface area (Å²) in [4.78, 5) is 12.9. The molecule has 1 heterocycles. The fraction of sp³-hybridized carbons (Fsp3) is 0.286. The molecule has 0 aliphatic heterocycles. The van der Waals surface area contributed by atoms with Crippen LogP contribution in [0.5, 0.6) is 0 Å². The van der Waals surface area contributed by atoms with Crippen molar-refractivity contribution in [2.75, 3.05) is 0 Å². The molecule has 6 heteroatoms. The molecule has 0 fully saturated rings. The van der Waals surface area contributed by atoms with Gasteiger partial charge in [-0.15, -0.1) is 0 Å². The highest BCUT2D eigenvalue weighted by Crippen LogP contribution is 2.22. The number of aryl methyl sites for hydroxylation is 1. The summed E-state index contributed by atoms with van der Waals surface area (Å²) in [5, 5.41) is 10.3. The van der Waals surface area contributed by atoms with Crippen molar-refractivity contribution in [1.29, 1.82) is 0 Å². The molecule has 0 spiro atoms. The first kappa shape index (κ1) is 9.50. The smallest absolute Gasteiger partial charge is 0.358 e. The minimum absolute atomic E-state index is 0.141. The van der Waals surface area contributed by atoms with Crippen molar-refractivity contribution in [3.8, 4) is 0 Å². The van der Waals surface area contributed by atoms with Crippen LogP contribution in [0.25, 0.3) is 0 Å². The number of pyridine rings is 1. The van der Waals surface area contributed by atoms with Gasteiger partial charge in [0.25, 0.3) is 6.43 Å². The zero-order valence-corrected chi connectivity index (χ0v) is 6.70. The summed E-state index contributed by atoms with van der Waals surface area (Å²) in [7, 11) is 0. The van der Waals surface area contributed by atoms with Crippen molar-refractivity contribution in [2.45, 2.75) is 13.3 Å². The molecule has 1 aromatic rings. The van der Waals surface area contributed by atoms with Crippen molar-refractivity contribution in [1.82, 2.24) is 4.98 Å². The van der Waals surface area contributed by atoms with Crippen molar-refractivity contribution >= 4 is 5.82 Å². The molecule has 0 radical (unpaired) electrons. The molecule has 0 atom stereocenters. The normalized spacial score (nSPS) is 10.5. The van der Waals surface area contributed by atoms with Crippen molar-refractivity contribution in [3.63, 3.8) is 0 Å². The molecule has 0 unspecified atom stereocenters. The lowest BCUT2D eigenvalue weighted by Gasteiger charge is -1.99. The molecule has 1 aromatic heterocycles. The van der Waals surface area contributed by atoms with Crippen LogP contribution in [0.2, 0.25) is 0 Å². The standard InChI is InChI=1S/C7H6F2N2O2/c1-4-2-5(6(8)9)3-10-7(4)11(12)13/h2-3,6H,1H3. The van der Waals surface area contributed by atoms with Crippen molar-refractivity contribution in [3.05, 3.63) is 33.5 Å². The van der Waals surface area contributed by atoms with E-state index in [9.17, 15) is 18.9 Å². The molecule has 13 heavy (non-hydrogen) atoms. The Labute approximate surface area is 72.4 Å². The van der Waals surface area contributed by atoms with Gasteiger partial charge in [-0.2, -0.15) is 0 Å². The fourth-order valence-corrected chi connectivity index (χ4v) is 0.900. The maximum atomic E-state index is 12.1. The van der Waals surface area contributed by atoms with Crippen LogP contribution in [0.4, 0.5) is 14.6 Å². The molecule has 0 aromatic carbocycles. The van der Waals surface area contributed by atoms with Crippen LogP contribution >= 0.6 is 0 Å². The van der Waals surface area contributed by atoms with Crippen LogP contribution in [0.3, 0.4) is 0 Å². The largest absolute Gasteiger partial charge is 0.366 e. The van der Waals surface area contributed by atoms with E-state index in [1.54, 1.807) is 0 Å². The minimum Gasteiger partial charge on any atom is -0.358 e. The Bertz CT molecular complexity index is 341. The second-order valence-corrected chi connectivity index (χ2v) is 2.47. The lowest BCUT2D eigenvalue weighted by atomic mass is 10.2. The Morgan fingerprint density at radius 3 is 2.62 bits per heavy atom. The first-order valence-electron chi connectivity index (χ1n) is 3.41. The molecule has 70 valence electrons. The molecule has 0 saturated heterocycles. The second-order valence-electron chi connectivity index (χ2n) is 2.47. The van der Waals surface area contributed by atoms with Crippen LogP contribution in [0.15, 0.2) is 12.3 Å². The fourth-order valence-electron chi connectivity index (χ4n) is 0.900. The van der Waals surface area contributed by atoms with Crippen LogP contribution in [0.1, 0.15) is 17.6 Å². The second kappa shape index (κ2) is 3.42. The van der Waals surface area contributed by atoms with Gasteiger partial charge in [0.2, 0.25) is 0 Å². The van der Waals surface area contributed by atoms with E-state index in [0.29, 0.717) is 0 Å². The number of nitrogens with zero attached hydrogens (tertiary/aromatic N) is 2. The number of alkyl halides is 2. The third-order valence-corrected chi connectivity index (χ3v) is 1.50. The molecule has 0 bridgehead atoms. The maximum absolute atomic E-state index is 12.1. The monoisotopic (exact) mass is 188 g/mol. The maximum Gasteiger partial charge on any atom is 0.366 e. The summed E-state index contributed by atoms with van der Waals surface area (Å²) in [6.45, 7) is 1.37. The number of halogens is 2. The summed E-state index contributed by atoms with van der Waals surface area (Å²) in [6, 6.07) is 1.07. The van der Waals surface area contributed by atoms with Gasteiger partial charge in [-0.1, -0.05) is 0 Å².